The molecule has 0 aliphatic heterocycles. The largest absolute Gasteiger partial charge is 0.469 e. The monoisotopic (exact) mass is 338 g/mol. The highest BCUT2D eigenvalue weighted by Crippen LogP contribution is 2.24. The van der Waals surface area contributed by atoms with Crippen molar-refractivity contribution in [3.8, 4) is 0 Å². The molecule has 0 heterocycles. The van der Waals surface area contributed by atoms with E-state index in [-0.39, 0.29) is 19.4 Å². The predicted octanol–water partition coefficient (Wildman–Crippen LogP) is 1.07. The summed E-state index contributed by atoms with van der Waals surface area (Å²) in [5.41, 5.74) is 0.778. The molecule has 24 heavy (non-hydrogen) atoms. The number of methoxy groups -OCH3 is 1. The number of alkyl halides is 1. The molecule has 2 N–H and O–H groups in total. The van der Waals surface area contributed by atoms with E-state index in [2.05, 4.69) is 15.4 Å². The van der Waals surface area contributed by atoms with Gasteiger partial charge in [-0.2, -0.15) is 0 Å². The van der Waals surface area contributed by atoms with Crippen LogP contribution in [0, 0.1) is 0 Å². The molecule has 0 bridgehead atoms. The summed E-state index contributed by atoms with van der Waals surface area (Å²) in [7, 11) is 1.17. The number of ether oxygens (including phenoxy) is 2. The zero-order chi connectivity index (χ0) is 17.5. The molecule has 1 aliphatic carbocycles. The van der Waals surface area contributed by atoms with Gasteiger partial charge in [-0.3, -0.25) is 9.59 Å². The van der Waals surface area contributed by atoms with Gasteiger partial charge in [0.2, 0.25) is 5.91 Å². The van der Waals surface area contributed by atoms with Crippen LogP contribution < -0.4 is 10.6 Å². The van der Waals surface area contributed by atoms with Crippen LogP contribution in [0.1, 0.15) is 18.4 Å². The van der Waals surface area contributed by atoms with Crippen LogP contribution in [0.3, 0.4) is 0 Å². The van der Waals surface area contributed by atoms with Crippen molar-refractivity contribution in [1.29, 1.82) is 0 Å². The molecule has 1 aromatic rings. The summed E-state index contributed by atoms with van der Waals surface area (Å²) < 4.78 is 22.4. The van der Waals surface area contributed by atoms with Crippen LogP contribution in [-0.4, -0.2) is 43.3 Å². The van der Waals surface area contributed by atoms with Crippen LogP contribution in [0.2, 0.25) is 0 Å². The molecule has 3 atom stereocenters. The molecule has 7 nitrogen and oxygen atoms in total. The normalized spacial score (nSPS) is 19.8. The fourth-order valence-corrected chi connectivity index (χ4v) is 1.96. The number of carbonyl (C=O) groups excluding carboxylic acids is 3. The Hall–Kier alpha value is -2.64. The number of hydrogen-bond donors (Lipinski definition) is 2. The van der Waals surface area contributed by atoms with Crippen molar-refractivity contribution >= 4 is 18.0 Å². The van der Waals surface area contributed by atoms with E-state index < -0.39 is 36.2 Å². The molecule has 0 spiro atoms. The number of esters is 1. The number of rotatable bonds is 7. The van der Waals surface area contributed by atoms with Gasteiger partial charge in [-0.05, 0) is 5.56 Å². The van der Waals surface area contributed by atoms with Crippen LogP contribution in [0.5, 0.6) is 0 Å². The minimum Gasteiger partial charge on any atom is -0.469 e. The first-order chi connectivity index (χ1) is 11.5. The molecule has 8 heteroatoms. The van der Waals surface area contributed by atoms with E-state index in [9.17, 15) is 18.8 Å². The van der Waals surface area contributed by atoms with E-state index in [0.29, 0.717) is 0 Å². The topological polar surface area (TPSA) is 93.7 Å². The summed E-state index contributed by atoms with van der Waals surface area (Å²) in [5, 5.41) is 4.72. The van der Waals surface area contributed by atoms with Gasteiger partial charge < -0.3 is 20.1 Å². The van der Waals surface area contributed by atoms with Gasteiger partial charge in [-0.1, -0.05) is 30.3 Å². The highest BCUT2D eigenvalue weighted by atomic mass is 19.1. The summed E-state index contributed by atoms with van der Waals surface area (Å²) in [6.07, 6.45) is -2.07. The molecule has 130 valence electrons. The predicted molar refractivity (Wildman–Crippen MR) is 81.6 cm³/mol. The summed E-state index contributed by atoms with van der Waals surface area (Å²) in [6, 6.07) is 7.23. The molecular weight excluding hydrogens is 319 g/mol. The Balaban J connectivity index is 1.87. The van der Waals surface area contributed by atoms with Gasteiger partial charge in [-0.25, -0.2) is 9.18 Å². The Kier molecular flexibility index (Phi) is 6.11. The smallest absolute Gasteiger partial charge is 0.408 e. The van der Waals surface area contributed by atoms with E-state index in [0.717, 1.165) is 5.56 Å². The van der Waals surface area contributed by atoms with E-state index in [1.807, 2.05) is 6.07 Å². The maximum Gasteiger partial charge on any atom is 0.408 e. The Labute approximate surface area is 138 Å². The van der Waals surface area contributed by atoms with Crippen molar-refractivity contribution in [2.24, 2.45) is 0 Å². The maximum atomic E-state index is 12.9. The third kappa shape index (κ3) is 5.53. The van der Waals surface area contributed by atoms with Crippen molar-refractivity contribution in [3.63, 3.8) is 0 Å². The van der Waals surface area contributed by atoms with Crippen molar-refractivity contribution in [2.75, 3.05) is 7.11 Å². The highest BCUT2D eigenvalue weighted by Gasteiger charge is 2.40. The van der Waals surface area contributed by atoms with Crippen LogP contribution in [0.15, 0.2) is 30.3 Å². The number of carbonyl (C=O) groups is 3. The van der Waals surface area contributed by atoms with Gasteiger partial charge in [0.15, 0.2) is 0 Å². The Bertz CT molecular complexity index is 595. The first-order valence-corrected chi connectivity index (χ1v) is 7.48. The standard InChI is InChI=1S/C16H19FN2O5/c1-23-14(20)8-13(15(21)18-12-7-11(12)17)19-16(22)24-9-10-5-3-2-4-6-10/h2-6,11-13H,7-9H2,1H3,(H,18,21)(H,19,22)/t11-,12+,13-/m0/s1. The Morgan fingerprint density at radius 1 is 1.29 bits per heavy atom. The number of hydrogen-bond acceptors (Lipinski definition) is 5. The Morgan fingerprint density at radius 3 is 2.54 bits per heavy atom. The van der Waals surface area contributed by atoms with Crippen molar-refractivity contribution in [2.45, 2.75) is 37.7 Å². The molecule has 2 rings (SSSR count). The highest BCUT2D eigenvalue weighted by molar-refractivity contribution is 5.89. The molecule has 0 unspecified atom stereocenters. The Morgan fingerprint density at radius 2 is 1.96 bits per heavy atom. The van der Waals surface area contributed by atoms with E-state index in [1.54, 1.807) is 24.3 Å². The lowest BCUT2D eigenvalue weighted by molar-refractivity contribution is -0.143. The van der Waals surface area contributed by atoms with Gasteiger partial charge in [-0.15, -0.1) is 0 Å². The van der Waals surface area contributed by atoms with Gasteiger partial charge in [0.25, 0.3) is 0 Å². The van der Waals surface area contributed by atoms with Crippen LogP contribution in [-0.2, 0) is 25.7 Å². The van der Waals surface area contributed by atoms with Crippen LogP contribution >= 0.6 is 0 Å². The number of nitrogens with one attached hydrogen (secondary N) is 2. The summed E-state index contributed by atoms with van der Waals surface area (Å²) in [4.78, 5) is 35.3. The van der Waals surface area contributed by atoms with E-state index in [1.165, 1.54) is 7.11 Å². The number of amides is 2. The lowest BCUT2D eigenvalue weighted by Gasteiger charge is -2.17. The molecule has 0 aromatic heterocycles. The third-order valence-electron chi connectivity index (χ3n) is 3.46. The first-order valence-electron chi connectivity index (χ1n) is 7.48. The molecule has 1 aromatic carbocycles. The van der Waals surface area contributed by atoms with Gasteiger partial charge in [0, 0.05) is 6.42 Å². The fraction of sp³-hybridized carbons (Fsp3) is 0.438. The lowest BCUT2D eigenvalue weighted by atomic mass is 10.2. The summed E-state index contributed by atoms with van der Waals surface area (Å²) >= 11 is 0. The second-order valence-electron chi connectivity index (χ2n) is 5.41. The van der Waals surface area contributed by atoms with Crippen molar-refractivity contribution in [1.82, 2.24) is 10.6 Å². The average molecular weight is 338 g/mol. The minimum absolute atomic E-state index is 0.0222. The SMILES string of the molecule is COC(=O)C[C@H](NC(=O)OCc1ccccc1)C(=O)N[C@@H]1C[C@@H]1F. The molecule has 0 radical (unpaired) electrons. The number of benzene rings is 1. The zero-order valence-electron chi connectivity index (χ0n) is 13.2. The molecule has 1 fully saturated rings. The van der Waals surface area contributed by atoms with Gasteiger partial charge >= 0.3 is 12.1 Å². The van der Waals surface area contributed by atoms with E-state index >= 15 is 0 Å². The third-order valence-corrected chi connectivity index (χ3v) is 3.46. The first kappa shape index (κ1) is 17.7. The molecule has 1 aliphatic rings. The average Bonchev–Trinajstić information content (AvgIpc) is 3.27. The second kappa shape index (κ2) is 8.28. The van der Waals surface area contributed by atoms with Gasteiger partial charge in [0.1, 0.15) is 18.8 Å². The fourth-order valence-electron chi connectivity index (χ4n) is 1.96. The molecular formula is C16H19FN2O5. The van der Waals surface area contributed by atoms with Crippen molar-refractivity contribution in [3.05, 3.63) is 35.9 Å². The van der Waals surface area contributed by atoms with Crippen LogP contribution in [0.25, 0.3) is 0 Å². The van der Waals surface area contributed by atoms with Gasteiger partial charge in [0.05, 0.1) is 19.6 Å². The zero-order valence-corrected chi connectivity index (χ0v) is 13.2. The van der Waals surface area contributed by atoms with Crippen LogP contribution in [0.4, 0.5) is 9.18 Å². The maximum absolute atomic E-state index is 12.9. The summed E-state index contributed by atoms with van der Waals surface area (Å²) in [6.45, 7) is 0.0222. The molecule has 2 amide bonds. The van der Waals surface area contributed by atoms with E-state index in [4.69, 9.17) is 4.74 Å². The quantitative estimate of drug-likeness (QED) is 0.726. The molecule has 0 saturated heterocycles. The van der Waals surface area contributed by atoms with Crippen molar-refractivity contribution < 1.29 is 28.2 Å². The summed E-state index contributed by atoms with van der Waals surface area (Å²) in [5.74, 6) is -1.33. The second-order valence-corrected chi connectivity index (χ2v) is 5.41. The minimum atomic E-state index is -1.19. The number of halogens is 1. The lowest BCUT2D eigenvalue weighted by Crippen LogP contribution is -2.49. The molecule has 1 saturated carbocycles. The number of alkyl carbamates (subject to hydrolysis) is 1.